The number of guanidine groups is 1. The van der Waals surface area contributed by atoms with E-state index in [2.05, 4.69) is 40.8 Å². The van der Waals surface area contributed by atoms with Crippen molar-refractivity contribution in [2.75, 3.05) is 26.8 Å². The first-order valence-electron chi connectivity index (χ1n) is 8.64. The Hall–Kier alpha value is -2.17. The second kappa shape index (κ2) is 11.4. The van der Waals surface area contributed by atoms with Crippen molar-refractivity contribution in [2.24, 2.45) is 4.99 Å². The molecule has 5 nitrogen and oxygen atoms in total. The first kappa shape index (κ1) is 19.9. The highest BCUT2D eigenvalue weighted by molar-refractivity contribution is 5.80. The summed E-state index contributed by atoms with van der Waals surface area (Å²) in [7, 11) is 1.78. The minimum absolute atomic E-state index is 0.104. The quantitative estimate of drug-likeness (QED) is 0.313. The third-order valence-electron chi connectivity index (χ3n) is 3.48. The predicted octanol–water partition coefficient (Wildman–Crippen LogP) is 3.68. The Morgan fingerprint density at radius 2 is 1.92 bits per heavy atom. The third kappa shape index (κ3) is 6.52. The Bertz CT molecular complexity index is 541. The molecule has 0 amide bonds. The summed E-state index contributed by atoms with van der Waals surface area (Å²) in [5.74, 6) is 2.35. The van der Waals surface area contributed by atoms with Crippen LogP contribution in [0.2, 0.25) is 0 Å². The number of allylic oxidation sites excluding steroid dienone is 1. The molecule has 0 heterocycles. The lowest BCUT2D eigenvalue weighted by molar-refractivity contribution is 0.287. The maximum absolute atomic E-state index is 5.70. The number of nitrogens with one attached hydrogen (secondary N) is 2. The Balaban J connectivity index is 2.74. The Morgan fingerprint density at radius 3 is 2.54 bits per heavy atom. The van der Waals surface area contributed by atoms with Crippen molar-refractivity contribution in [2.45, 2.75) is 40.2 Å². The van der Waals surface area contributed by atoms with Crippen molar-refractivity contribution in [3.8, 4) is 11.5 Å². The molecule has 0 fully saturated rings. The molecule has 1 rings (SSSR count). The summed E-state index contributed by atoms with van der Waals surface area (Å²) < 4.78 is 11.3. The van der Waals surface area contributed by atoms with E-state index in [0.29, 0.717) is 13.2 Å². The summed E-state index contributed by atoms with van der Waals surface area (Å²) in [6.45, 7) is 10.2. The second-order valence-electron chi connectivity index (χ2n) is 5.29. The SMILES string of the molecule is C/C=C/CCNC(=NC)NC(C)c1ccc(OCC)c(OCC)c1. The number of hydrogen-bond donors (Lipinski definition) is 2. The van der Waals surface area contributed by atoms with Crippen LogP contribution < -0.4 is 20.1 Å². The Kier molecular flexibility index (Phi) is 9.42. The molecule has 1 unspecified atom stereocenters. The molecule has 5 heteroatoms. The van der Waals surface area contributed by atoms with Crippen LogP contribution in [0.3, 0.4) is 0 Å². The van der Waals surface area contributed by atoms with Gasteiger partial charge < -0.3 is 20.1 Å². The summed E-state index contributed by atoms with van der Waals surface area (Å²) in [4.78, 5) is 4.27. The van der Waals surface area contributed by atoms with Crippen molar-refractivity contribution >= 4 is 5.96 Å². The highest BCUT2D eigenvalue weighted by Gasteiger charge is 2.12. The molecular formula is C19H31N3O2. The van der Waals surface area contributed by atoms with E-state index in [1.165, 1.54) is 0 Å². The van der Waals surface area contributed by atoms with E-state index in [9.17, 15) is 0 Å². The van der Waals surface area contributed by atoms with E-state index >= 15 is 0 Å². The molecule has 1 atom stereocenters. The van der Waals surface area contributed by atoms with Crippen LogP contribution >= 0.6 is 0 Å². The smallest absolute Gasteiger partial charge is 0.191 e. The number of hydrogen-bond acceptors (Lipinski definition) is 3. The van der Waals surface area contributed by atoms with Gasteiger partial charge in [-0.05, 0) is 51.8 Å². The molecule has 1 aromatic rings. The van der Waals surface area contributed by atoms with Crippen LogP contribution in [0.4, 0.5) is 0 Å². The van der Waals surface area contributed by atoms with Gasteiger partial charge in [0, 0.05) is 13.6 Å². The van der Waals surface area contributed by atoms with Crippen LogP contribution in [0, 0.1) is 0 Å². The topological polar surface area (TPSA) is 54.9 Å². The largest absolute Gasteiger partial charge is 0.490 e. The second-order valence-corrected chi connectivity index (χ2v) is 5.29. The summed E-state index contributed by atoms with van der Waals surface area (Å²) in [5, 5.41) is 6.71. The number of benzene rings is 1. The van der Waals surface area contributed by atoms with Gasteiger partial charge in [0.1, 0.15) is 0 Å². The van der Waals surface area contributed by atoms with Crippen molar-refractivity contribution in [3.63, 3.8) is 0 Å². The van der Waals surface area contributed by atoms with Gasteiger partial charge in [-0.2, -0.15) is 0 Å². The van der Waals surface area contributed by atoms with Crippen LogP contribution in [-0.4, -0.2) is 32.8 Å². The molecule has 0 aliphatic rings. The lowest BCUT2D eigenvalue weighted by Gasteiger charge is -2.20. The van der Waals surface area contributed by atoms with Crippen molar-refractivity contribution in [1.29, 1.82) is 0 Å². The summed E-state index contributed by atoms with van der Waals surface area (Å²) in [6.07, 6.45) is 5.16. The zero-order valence-corrected chi connectivity index (χ0v) is 15.6. The van der Waals surface area contributed by atoms with E-state index in [1.807, 2.05) is 32.9 Å². The Labute approximate surface area is 146 Å². The van der Waals surface area contributed by atoms with E-state index in [4.69, 9.17) is 9.47 Å². The van der Waals surface area contributed by atoms with Gasteiger partial charge in [-0.3, -0.25) is 4.99 Å². The van der Waals surface area contributed by atoms with Crippen molar-refractivity contribution < 1.29 is 9.47 Å². The van der Waals surface area contributed by atoms with Gasteiger partial charge >= 0.3 is 0 Å². The minimum atomic E-state index is 0.104. The fourth-order valence-electron chi connectivity index (χ4n) is 2.26. The summed E-state index contributed by atoms with van der Waals surface area (Å²) >= 11 is 0. The molecule has 0 saturated carbocycles. The molecule has 2 N–H and O–H groups in total. The standard InChI is InChI=1S/C19H31N3O2/c1-6-9-10-13-21-19(20-5)22-15(4)16-11-12-17(23-7-2)18(14-16)24-8-3/h6,9,11-12,14-15H,7-8,10,13H2,1-5H3,(H2,20,21,22)/b9-6+. The highest BCUT2D eigenvalue weighted by atomic mass is 16.5. The Morgan fingerprint density at radius 1 is 1.21 bits per heavy atom. The lowest BCUT2D eigenvalue weighted by atomic mass is 10.1. The molecule has 1 aromatic carbocycles. The van der Waals surface area contributed by atoms with Gasteiger partial charge in [0.15, 0.2) is 17.5 Å². The molecule has 0 saturated heterocycles. The normalized spacial score (nSPS) is 13.0. The highest BCUT2D eigenvalue weighted by Crippen LogP contribution is 2.30. The fraction of sp³-hybridized carbons (Fsp3) is 0.526. The third-order valence-corrected chi connectivity index (χ3v) is 3.48. The van der Waals surface area contributed by atoms with Gasteiger partial charge in [0.25, 0.3) is 0 Å². The molecule has 24 heavy (non-hydrogen) atoms. The maximum Gasteiger partial charge on any atom is 0.191 e. The van der Waals surface area contributed by atoms with Gasteiger partial charge in [-0.1, -0.05) is 18.2 Å². The van der Waals surface area contributed by atoms with E-state index in [0.717, 1.165) is 36.0 Å². The monoisotopic (exact) mass is 333 g/mol. The molecule has 0 radical (unpaired) electrons. The molecule has 0 bridgehead atoms. The zero-order chi connectivity index (χ0) is 17.8. The number of nitrogens with zero attached hydrogens (tertiary/aromatic N) is 1. The molecular weight excluding hydrogens is 302 g/mol. The van der Waals surface area contributed by atoms with E-state index < -0.39 is 0 Å². The van der Waals surface area contributed by atoms with Gasteiger partial charge in [-0.25, -0.2) is 0 Å². The van der Waals surface area contributed by atoms with Crippen LogP contribution in [0.1, 0.15) is 45.7 Å². The molecule has 0 aromatic heterocycles. The van der Waals surface area contributed by atoms with Crippen molar-refractivity contribution in [1.82, 2.24) is 10.6 Å². The van der Waals surface area contributed by atoms with Gasteiger partial charge in [0.05, 0.1) is 19.3 Å². The maximum atomic E-state index is 5.70. The predicted molar refractivity (Wildman–Crippen MR) is 101 cm³/mol. The van der Waals surface area contributed by atoms with Gasteiger partial charge in [0.2, 0.25) is 0 Å². The lowest BCUT2D eigenvalue weighted by Crippen LogP contribution is -2.39. The van der Waals surface area contributed by atoms with Crippen LogP contribution in [-0.2, 0) is 0 Å². The molecule has 0 spiro atoms. The zero-order valence-electron chi connectivity index (χ0n) is 15.6. The van der Waals surface area contributed by atoms with Gasteiger partial charge in [-0.15, -0.1) is 0 Å². The summed E-state index contributed by atoms with van der Waals surface area (Å²) in [5.41, 5.74) is 1.12. The average Bonchev–Trinajstić information content (AvgIpc) is 2.59. The van der Waals surface area contributed by atoms with E-state index in [-0.39, 0.29) is 6.04 Å². The van der Waals surface area contributed by atoms with Crippen LogP contribution in [0.25, 0.3) is 0 Å². The number of ether oxygens (including phenoxy) is 2. The fourth-order valence-corrected chi connectivity index (χ4v) is 2.26. The molecule has 134 valence electrons. The first-order valence-corrected chi connectivity index (χ1v) is 8.64. The van der Waals surface area contributed by atoms with E-state index in [1.54, 1.807) is 7.05 Å². The van der Waals surface area contributed by atoms with Crippen LogP contribution in [0.5, 0.6) is 11.5 Å². The number of aliphatic imine (C=N–C) groups is 1. The van der Waals surface area contributed by atoms with Crippen LogP contribution in [0.15, 0.2) is 35.3 Å². The number of rotatable bonds is 9. The molecule has 0 aliphatic carbocycles. The first-order chi connectivity index (χ1) is 11.7. The minimum Gasteiger partial charge on any atom is -0.490 e. The summed E-state index contributed by atoms with van der Waals surface area (Å²) in [6, 6.07) is 6.15. The molecule has 0 aliphatic heterocycles. The van der Waals surface area contributed by atoms with Crippen molar-refractivity contribution in [3.05, 3.63) is 35.9 Å². The average molecular weight is 333 g/mol.